The molecule has 6 nitrogen and oxygen atoms in total. The van der Waals surface area contributed by atoms with Crippen LogP contribution in [0.1, 0.15) is 45.4 Å². The zero-order chi connectivity index (χ0) is 18.8. The molecule has 3 fully saturated rings. The molecule has 1 N–H and O–H groups in total. The van der Waals surface area contributed by atoms with Crippen LogP contribution >= 0.6 is 0 Å². The summed E-state index contributed by atoms with van der Waals surface area (Å²) in [7, 11) is 1.89. The fourth-order valence-electron chi connectivity index (χ4n) is 5.48. The predicted molar refractivity (Wildman–Crippen MR) is 110 cm³/mol. The van der Waals surface area contributed by atoms with Crippen LogP contribution in [0.25, 0.3) is 0 Å². The topological polar surface area (TPSA) is 48.7 Å². The number of aliphatic imine (C=N–C) groups is 1. The molecular weight excluding hydrogens is 336 g/mol. The van der Waals surface area contributed by atoms with Crippen LogP contribution in [-0.4, -0.2) is 64.6 Å². The van der Waals surface area contributed by atoms with Crippen molar-refractivity contribution in [2.45, 2.75) is 58.7 Å². The quantitative estimate of drug-likeness (QED) is 0.637. The molecule has 0 aromatic carbocycles. The lowest BCUT2D eigenvalue weighted by molar-refractivity contribution is 0.0958. The first-order valence-corrected chi connectivity index (χ1v) is 10.8. The second-order valence-corrected chi connectivity index (χ2v) is 9.06. The summed E-state index contributed by atoms with van der Waals surface area (Å²) >= 11 is 0. The largest absolute Gasteiger partial charge is 0.349 e. The van der Waals surface area contributed by atoms with Gasteiger partial charge in [0.25, 0.3) is 0 Å². The lowest BCUT2D eigenvalue weighted by Crippen LogP contribution is -2.55. The van der Waals surface area contributed by atoms with Crippen molar-refractivity contribution in [2.75, 3.05) is 33.2 Å². The van der Waals surface area contributed by atoms with Gasteiger partial charge < -0.3 is 14.8 Å². The number of fused-ring (bicyclic) bond motifs is 2. The van der Waals surface area contributed by atoms with Gasteiger partial charge in [0, 0.05) is 58.2 Å². The minimum absolute atomic E-state index is 0.621. The number of piperazine rings is 1. The number of hydrogen-bond donors (Lipinski definition) is 1. The fraction of sp³-hybridized carbons (Fsp3) is 0.810. The Kier molecular flexibility index (Phi) is 5.71. The minimum Gasteiger partial charge on any atom is -0.349 e. The van der Waals surface area contributed by atoms with Crippen molar-refractivity contribution >= 4 is 5.96 Å². The second-order valence-electron chi connectivity index (χ2n) is 9.06. The van der Waals surface area contributed by atoms with Crippen molar-refractivity contribution in [3.05, 3.63) is 18.2 Å². The van der Waals surface area contributed by atoms with Crippen molar-refractivity contribution in [2.24, 2.45) is 22.7 Å². The van der Waals surface area contributed by atoms with E-state index >= 15 is 0 Å². The summed E-state index contributed by atoms with van der Waals surface area (Å²) < 4.78 is 2.25. The van der Waals surface area contributed by atoms with E-state index in [-0.39, 0.29) is 0 Å². The van der Waals surface area contributed by atoms with Crippen molar-refractivity contribution in [1.82, 2.24) is 24.7 Å². The Hall–Kier alpha value is -1.56. The van der Waals surface area contributed by atoms with Crippen molar-refractivity contribution in [3.63, 3.8) is 0 Å². The summed E-state index contributed by atoms with van der Waals surface area (Å²) in [5, 5.41) is 3.54. The lowest BCUT2D eigenvalue weighted by Gasteiger charge is -2.41. The molecule has 27 heavy (non-hydrogen) atoms. The molecule has 3 unspecified atom stereocenters. The summed E-state index contributed by atoms with van der Waals surface area (Å²) in [5.41, 5.74) is 0. The molecule has 4 rings (SSSR count). The number of aromatic nitrogens is 2. The third kappa shape index (κ3) is 4.15. The molecule has 2 bridgehead atoms. The Morgan fingerprint density at radius 3 is 2.67 bits per heavy atom. The van der Waals surface area contributed by atoms with Gasteiger partial charge in [-0.25, -0.2) is 4.98 Å². The summed E-state index contributed by atoms with van der Waals surface area (Å²) in [6.07, 6.45) is 9.89. The van der Waals surface area contributed by atoms with Gasteiger partial charge in [0.2, 0.25) is 0 Å². The van der Waals surface area contributed by atoms with Crippen LogP contribution in [0.3, 0.4) is 0 Å². The number of hydrogen-bond acceptors (Lipinski definition) is 3. The summed E-state index contributed by atoms with van der Waals surface area (Å²) in [5.74, 6) is 4.74. The first-order valence-electron chi connectivity index (χ1n) is 10.8. The summed E-state index contributed by atoms with van der Waals surface area (Å²) in [4.78, 5) is 14.2. The highest BCUT2D eigenvalue weighted by Gasteiger charge is 2.42. The van der Waals surface area contributed by atoms with Crippen LogP contribution in [0.15, 0.2) is 17.4 Å². The van der Waals surface area contributed by atoms with Crippen molar-refractivity contribution < 1.29 is 0 Å². The number of nitrogens with one attached hydrogen (secondary N) is 1. The highest BCUT2D eigenvalue weighted by atomic mass is 15.4. The normalized spacial score (nSPS) is 29.1. The van der Waals surface area contributed by atoms with Gasteiger partial charge in [0.15, 0.2) is 5.96 Å². The summed E-state index contributed by atoms with van der Waals surface area (Å²) in [6, 6.07) is 0.865. The first-order chi connectivity index (χ1) is 13.1. The van der Waals surface area contributed by atoms with E-state index in [1.54, 1.807) is 0 Å². The number of guanidine groups is 1. The maximum absolute atomic E-state index is 4.54. The molecule has 3 aliphatic rings. The van der Waals surface area contributed by atoms with E-state index in [0.29, 0.717) is 5.92 Å². The van der Waals surface area contributed by atoms with Gasteiger partial charge in [-0.15, -0.1) is 0 Å². The molecule has 1 aromatic rings. The molecule has 0 radical (unpaired) electrons. The average Bonchev–Trinajstić information content (AvgIpc) is 3.40. The van der Waals surface area contributed by atoms with E-state index in [1.807, 2.05) is 13.2 Å². The zero-order valence-corrected chi connectivity index (χ0v) is 17.3. The number of imidazole rings is 1. The molecule has 1 saturated heterocycles. The summed E-state index contributed by atoms with van der Waals surface area (Å²) in [6.45, 7) is 10.7. The van der Waals surface area contributed by atoms with E-state index in [9.17, 15) is 0 Å². The maximum Gasteiger partial charge on any atom is 0.194 e. The molecule has 0 spiro atoms. The van der Waals surface area contributed by atoms with Crippen LogP contribution in [-0.2, 0) is 13.1 Å². The monoisotopic (exact) mass is 372 g/mol. The lowest BCUT2D eigenvalue weighted by atomic mass is 9.93. The molecule has 2 saturated carbocycles. The highest BCUT2D eigenvalue weighted by Crippen LogP contribution is 2.46. The molecule has 2 aliphatic carbocycles. The highest BCUT2D eigenvalue weighted by molar-refractivity contribution is 5.79. The molecule has 1 aliphatic heterocycles. The van der Waals surface area contributed by atoms with Crippen LogP contribution in [0.4, 0.5) is 0 Å². The van der Waals surface area contributed by atoms with Crippen LogP contribution < -0.4 is 5.32 Å². The molecule has 0 amide bonds. The van der Waals surface area contributed by atoms with Gasteiger partial charge >= 0.3 is 0 Å². The first kappa shape index (κ1) is 18.8. The van der Waals surface area contributed by atoms with E-state index < -0.39 is 0 Å². The Labute approximate surface area is 164 Å². The van der Waals surface area contributed by atoms with Gasteiger partial charge in [-0.3, -0.25) is 9.89 Å². The van der Waals surface area contributed by atoms with Gasteiger partial charge in [0.05, 0.1) is 6.54 Å². The molecule has 2 heterocycles. The Morgan fingerprint density at radius 1 is 1.22 bits per heavy atom. The second kappa shape index (κ2) is 8.21. The third-order valence-electron chi connectivity index (χ3n) is 6.76. The van der Waals surface area contributed by atoms with E-state index in [1.165, 1.54) is 38.8 Å². The minimum atomic E-state index is 0.621. The fourth-order valence-corrected chi connectivity index (χ4v) is 5.48. The molecule has 1 aromatic heterocycles. The molecule has 3 atom stereocenters. The molecule has 6 heteroatoms. The maximum atomic E-state index is 4.54. The van der Waals surface area contributed by atoms with Gasteiger partial charge in [-0.2, -0.15) is 0 Å². The Balaban J connectivity index is 1.28. The Morgan fingerprint density at radius 2 is 2.04 bits per heavy atom. The number of nitrogens with zero attached hydrogens (tertiary/aromatic N) is 5. The zero-order valence-electron chi connectivity index (χ0n) is 17.3. The van der Waals surface area contributed by atoms with Crippen molar-refractivity contribution in [1.29, 1.82) is 0 Å². The SMILES string of the molecule is CN=C(NCc1nccn1CC(C)C)N1CCN(C2CC3CCC2C3)CC1. The van der Waals surface area contributed by atoms with Gasteiger partial charge in [-0.1, -0.05) is 20.3 Å². The molecule has 150 valence electrons. The number of rotatable bonds is 5. The van der Waals surface area contributed by atoms with E-state index in [4.69, 9.17) is 0 Å². The average molecular weight is 373 g/mol. The van der Waals surface area contributed by atoms with Gasteiger partial charge in [-0.05, 0) is 37.0 Å². The van der Waals surface area contributed by atoms with Crippen LogP contribution in [0, 0.1) is 17.8 Å². The van der Waals surface area contributed by atoms with Crippen LogP contribution in [0.2, 0.25) is 0 Å². The van der Waals surface area contributed by atoms with E-state index in [0.717, 1.165) is 55.8 Å². The standard InChI is InChI=1S/C21H36N6/c1-16(2)15-27-7-6-23-20(27)14-24-21(22-3)26-10-8-25(9-11-26)19-13-17-4-5-18(19)12-17/h6-7,16-19H,4-5,8-15H2,1-3H3,(H,22,24). The molecular formula is C21H36N6. The third-order valence-corrected chi connectivity index (χ3v) is 6.76. The van der Waals surface area contributed by atoms with E-state index in [2.05, 4.69) is 49.7 Å². The van der Waals surface area contributed by atoms with Gasteiger partial charge in [0.1, 0.15) is 5.82 Å². The Bertz CT molecular complexity index is 643. The smallest absolute Gasteiger partial charge is 0.194 e. The van der Waals surface area contributed by atoms with Crippen molar-refractivity contribution in [3.8, 4) is 0 Å². The predicted octanol–water partition coefficient (Wildman–Crippen LogP) is 2.42. The van der Waals surface area contributed by atoms with Crippen LogP contribution in [0.5, 0.6) is 0 Å².